The van der Waals surface area contributed by atoms with Crippen LogP contribution in [0.2, 0.25) is 0 Å². The van der Waals surface area contributed by atoms with Gasteiger partial charge in [0.15, 0.2) is 23.0 Å². The van der Waals surface area contributed by atoms with Crippen LogP contribution in [0.3, 0.4) is 0 Å². The van der Waals surface area contributed by atoms with Crippen LogP contribution >= 0.6 is 0 Å². The molecule has 5 heteroatoms. The molecule has 0 amide bonds. The summed E-state index contributed by atoms with van der Waals surface area (Å²) in [6.45, 7) is 0.913. The Morgan fingerprint density at radius 3 is 1.96 bits per heavy atom. The molecule has 0 aromatic heterocycles. The van der Waals surface area contributed by atoms with Gasteiger partial charge in [0, 0.05) is 29.6 Å². The highest BCUT2D eigenvalue weighted by Crippen LogP contribution is 2.45. The molecule has 0 N–H and O–H groups in total. The summed E-state index contributed by atoms with van der Waals surface area (Å²) in [5.74, 6) is 3.06. The zero-order chi connectivity index (χ0) is 18.3. The van der Waals surface area contributed by atoms with E-state index in [9.17, 15) is 0 Å². The molecule has 5 nitrogen and oxygen atoms in total. The van der Waals surface area contributed by atoms with Gasteiger partial charge in [-0.2, -0.15) is 0 Å². The predicted octanol–water partition coefficient (Wildman–Crippen LogP) is 3.68. The second kappa shape index (κ2) is 6.48. The molecule has 0 bridgehead atoms. The van der Waals surface area contributed by atoms with Crippen LogP contribution in [-0.2, 0) is 12.8 Å². The Morgan fingerprint density at radius 1 is 0.731 bits per heavy atom. The number of rotatable bonds is 4. The summed E-state index contributed by atoms with van der Waals surface area (Å²) in [5, 5.41) is 0. The van der Waals surface area contributed by atoms with Crippen LogP contribution in [0, 0.1) is 0 Å². The van der Waals surface area contributed by atoms with Crippen molar-refractivity contribution in [3.63, 3.8) is 0 Å². The van der Waals surface area contributed by atoms with Crippen LogP contribution in [0.1, 0.15) is 16.7 Å². The molecule has 0 saturated heterocycles. The maximum absolute atomic E-state index is 5.51. The highest BCUT2D eigenvalue weighted by atomic mass is 16.5. The lowest BCUT2D eigenvalue weighted by Crippen LogP contribution is -2.32. The third-order valence-electron chi connectivity index (χ3n) is 5.17. The molecular formula is C21H23NO4. The van der Waals surface area contributed by atoms with Crippen LogP contribution in [-0.4, -0.2) is 35.0 Å². The number of benzene rings is 2. The molecule has 0 radical (unpaired) electrons. The standard InChI is InChI=1S/C21H23NO4/c1-23-18-9-13-7-8-22-16(15(13)11-20(18)25-3)6-5-14-10-19(24-2)21(26-4)12-17(14)22/h6,9-12H,5,7-8H2,1-4H3. The molecule has 2 aromatic carbocycles. The molecule has 136 valence electrons. The van der Waals surface area contributed by atoms with Crippen molar-refractivity contribution in [3.8, 4) is 23.0 Å². The van der Waals surface area contributed by atoms with E-state index in [-0.39, 0.29) is 0 Å². The Bertz CT molecular complexity index is 888. The van der Waals surface area contributed by atoms with E-state index in [1.54, 1.807) is 28.4 Å². The van der Waals surface area contributed by atoms with E-state index in [0.717, 1.165) is 42.4 Å². The van der Waals surface area contributed by atoms with Crippen LogP contribution in [0.4, 0.5) is 5.69 Å². The van der Waals surface area contributed by atoms with Crippen molar-refractivity contribution < 1.29 is 18.9 Å². The maximum Gasteiger partial charge on any atom is 0.162 e. The molecule has 26 heavy (non-hydrogen) atoms. The van der Waals surface area contributed by atoms with Gasteiger partial charge in [-0.1, -0.05) is 6.08 Å². The van der Waals surface area contributed by atoms with Crippen molar-refractivity contribution in [1.29, 1.82) is 0 Å². The topological polar surface area (TPSA) is 40.2 Å². The van der Waals surface area contributed by atoms with Gasteiger partial charge in [-0.05, 0) is 42.2 Å². The third-order valence-corrected chi connectivity index (χ3v) is 5.17. The largest absolute Gasteiger partial charge is 0.493 e. The van der Waals surface area contributed by atoms with Crippen molar-refractivity contribution in [2.24, 2.45) is 0 Å². The van der Waals surface area contributed by atoms with Crippen molar-refractivity contribution in [2.45, 2.75) is 12.8 Å². The molecule has 0 saturated carbocycles. The van der Waals surface area contributed by atoms with Gasteiger partial charge in [0.05, 0.1) is 28.4 Å². The van der Waals surface area contributed by atoms with Crippen LogP contribution in [0.15, 0.2) is 30.3 Å². The number of hydrogen-bond acceptors (Lipinski definition) is 5. The summed E-state index contributed by atoms with van der Waals surface area (Å²) in [4.78, 5) is 2.36. The van der Waals surface area contributed by atoms with E-state index in [4.69, 9.17) is 18.9 Å². The Balaban J connectivity index is 1.81. The monoisotopic (exact) mass is 353 g/mol. The molecule has 0 atom stereocenters. The Morgan fingerprint density at radius 2 is 1.31 bits per heavy atom. The number of fused-ring (bicyclic) bond motifs is 5. The van der Waals surface area contributed by atoms with Gasteiger partial charge in [-0.25, -0.2) is 0 Å². The number of anilines is 1. The minimum Gasteiger partial charge on any atom is -0.493 e. The SMILES string of the molecule is COc1cc2c(cc1OC)C1=CCc3cc(OC)c(OC)cc3N1CC2. The predicted molar refractivity (Wildman–Crippen MR) is 102 cm³/mol. The number of methoxy groups -OCH3 is 4. The summed E-state index contributed by atoms with van der Waals surface area (Å²) in [6, 6.07) is 8.33. The number of hydrogen-bond donors (Lipinski definition) is 0. The van der Waals surface area contributed by atoms with Gasteiger partial charge in [-0.3, -0.25) is 0 Å². The first kappa shape index (κ1) is 16.6. The highest BCUT2D eigenvalue weighted by Gasteiger charge is 2.29. The first-order chi connectivity index (χ1) is 12.7. The zero-order valence-corrected chi connectivity index (χ0v) is 15.6. The molecule has 2 heterocycles. The average Bonchev–Trinajstić information content (AvgIpc) is 2.70. The number of nitrogens with zero attached hydrogens (tertiary/aromatic N) is 1. The lowest BCUT2D eigenvalue weighted by atomic mass is 9.90. The molecular weight excluding hydrogens is 330 g/mol. The normalized spacial score (nSPS) is 14.6. The first-order valence-corrected chi connectivity index (χ1v) is 8.68. The van der Waals surface area contributed by atoms with Gasteiger partial charge in [0.2, 0.25) is 0 Å². The Kier molecular flexibility index (Phi) is 4.15. The van der Waals surface area contributed by atoms with Crippen molar-refractivity contribution in [1.82, 2.24) is 0 Å². The molecule has 2 aromatic rings. The second-order valence-electron chi connectivity index (χ2n) is 6.40. The lowest BCUT2D eigenvalue weighted by Gasteiger charge is -2.38. The second-order valence-corrected chi connectivity index (χ2v) is 6.40. The molecule has 0 spiro atoms. The summed E-state index contributed by atoms with van der Waals surface area (Å²) < 4.78 is 21.9. The number of ether oxygens (including phenoxy) is 4. The smallest absolute Gasteiger partial charge is 0.162 e. The van der Waals surface area contributed by atoms with E-state index in [0.29, 0.717) is 0 Å². The zero-order valence-electron chi connectivity index (χ0n) is 15.6. The Hall–Kier alpha value is -2.82. The molecule has 0 aliphatic carbocycles. The Labute approximate surface area is 153 Å². The van der Waals surface area contributed by atoms with E-state index < -0.39 is 0 Å². The molecule has 0 fully saturated rings. The minimum atomic E-state index is 0.755. The van der Waals surface area contributed by atoms with Crippen LogP contribution in [0.25, 0.3) is 5.70 Å². The fourth-order valence-corrected chi connectivity index (χ4v) is 3.87. The van der Waals surface area contributed by atoms with E-state index in [1.165, 1.54) is 28.1 Å². The molecule has 4 rings (SSSR count). The van der Waals surface area contributed by atoms with Gasteiger partial charge < -0.3 is 23.8 Å². The summed E-state index contributed by atoms with van der Waals surface area (Å²) in [7, 11) is 6.69. The minimum absolute atomic E-state index is 0.755. The van der Waals surface area contributed by atoms with Gasteiger partial charge in [0.1, 0.15) is 0 Å². The third kappa shape index (κ3) is 2.46. The van der Waals surface area contributed by atoms with Gasteiger partial charge in [-0.15, -0.1) is 0 Å². The molecule has 2 aliphatic heterocycles. The fourth-order valence-electron chi connectivity index (χ4n) is 3.87. The highest BCUT2D eigenvalue weighted by molar-refractivity contribution is 5.88. The first-order valence-electron chi connectivity index (χ1n) is 8.68. The van der Waals surface area contributed by atoms with Crippen molar-refractivity contribution in [3.05, 3.63) is 47.0 Å². The van der Waals surface area contributed by atoms with Crippen molar-refractivity contribution >= 4 is 11.4 Å². The summed E-state index contributed by atoms with van der Waals surface area (Å²) in [6.07, 6.45) is 4.08. The molecule has 2 aliphatic rings. The quantitative estimate of drug-likeness (QED) is 0.839. The lowest BCUT2D eigenvalue weighted by molar-refractivity contribution is 0.354. The van der Waals surface area contributed by atoms with E-state index in [2.05, 4.69) is 35.2 Å². The summed E-state index contributed by atoms with van der Waals surface area (Å²) in [5.41, 5.74) is 6.13. The maximum atomic E-state index is 5.51. The van der Waals surface area contributed by atoms with Gasteiger partial charge >= 0.3 is 0 Å². The van der Waals surface area contributed by atoms with E-state index in [1.807, 2.05) is 0 Å². The summed E-state index contributed by atoms with van der Waals surface area (Å²) >= 11 is 0. The fraction of sp³-hybridized carbons (Fsp3) is 0.333. The van der Waals surface area contributed by atoms with E-state index >= 15 is 0 Å². The van der Waals surface area contributed by atoms with Crippen molar-refractivity contribution in [2.75, 3.05) is 39.9 Å². The van der Waals surface area contributed by atoms with Crippen LogP contribution in [0.5, 0.6) is 23.0 Å². The van der Waals surface area contributed by atoms with Crippen LogP contribution < -0.4 is 23.8 Å². The number of allylic oxidation sites excluding steroid dienone is 1. The average molecular weight is 353 g/mol. The molecule has 0 unspecified atom stereocenters. The van der Waals surface area contributed by atoms with Gasteiger partial charge in [0.25, 0.3) is 0 Å².